The van der Waals surface area contributed by atoms with Crippen LogP contribution in [-0.2, 0) is 10.8 Å². The highest BCUT2D eigenvalue weighted by molar-refractivity contribution is 5.83. The van der Waals surface area contributed by atoms with Gasteiger partial charge < -0.3 is 10.2 Å². The van der Waals surface area contributed by atoms with Gasteiger partial charge in [0.1, 0.15) is 11.5 Å². The van der Waals surface area contributed by atoms with Crippen LogP contribution in [0.5, 0.6) is 11.5 Å². The minimum atomic E-state index is -0.160. The Bertz CT molecular complexity index is 710. The lowest BCUT2D eigenvalue weighted by Gasteiger charge is -2.27. The van der Waals surface area contributed by atoms with Gasteiger partial charge in [-0.25, -0.2) is 0 Å². The van der Waals surface area contributed by atoms with Gasteiger partial charge >= 0.3 is 0 Å². The van der Waals surface area contributed by atoms with Gasteiger partial charge in [0.2, 0.25) is 0 Å². The molecule has 0 amide bonds. The molecule has 0 heterocycles. The van der Waals surface area contributed by atoms with Crippen LogP contribution in [0.1, 0.15) is 58.2 Å². The molecule has 0 atom stereocenters. The molecule has 0 saturated heterocycles. The number of hydrogen-bond donors (Lipinski definition) is 2. The third-order valence-corrected chi connectivity index (χ3v) is 3.96. The molecule has 0 radical (unpaired) electrons. The Hall–Kier alpha value is -2.29. The van der Waals surface area contributed by atoms with Gasteiger partial charge in [0.15, 0.2) is 0 Å². The molecule has 24 heavy (non-hydrogen) atoms. The first-order valence-electron chi connectivity index (χ1n) is 8.19. The van der Waals surface area contributed by atoms with E-state index < -0.39 is 0 Å². The van der Waals surface area contributed by atoms with Crippen LogP contribution in [0.25, 0.3) is 0 Å². The van der Waals surface area contributed by atoms with Crippen LogP contribution in [0.15, 0.2) is 41.4 Å². The van der Waals surface area contributed by atoms with Crippen molar-refractivity contribution in [2.24, 2.45) is 4.99 Å². The van der Waals surface area contributed by atoms with E-state index in [-0.39, 0.29) is 16.6 Å². The van der Waals surface area contributed by atoms with Gasteiger partial charge in [-0.15, -0.1) is 0 Å². The first-order valence-corrected chi connectivity index (χ1v) is 8.19. The monoisotopic (exact) mass is 325 g/mol. The molecule has 2 rings (SSSR count). The van der Waals surface area contributed by atoms with E-state index in [1.807, 2.05) is 12.1 Å². The lowest BCUT2D eigenvalue weighted by atomic mass is 9.78. The summed E-state index contributed by atoms with van der Waals surface area (Å²) in [5.41, 5.74) is 3.24. The number of aromatic hydroxyl groups is 2. The van der Waals surface area contributed by atoms with E-state index in [1.54, 1.807) is 30.5 Å². The Balaban J connectivity index is 2.52. The Kier molecular flexibility index (Phi) is 4.75. The first kappa shape index (κ1) is 18.1. The molecule has 0 saturated carbocycles. The smallest absolute Gasteiger partial charge is 0.123 e. The molecule has 0 fully saturated rings. The van der Waals surface area contributed by atoms with Crippen molar-refractivity contribution in [1.82, 2.24) is 0 Å². The second kappa shape index (κ2) is 6.31. The van der Waals surface area contributed by atoms with Crippen molar-refractivity contribution in [2.75, 3.05) is 0 Å². The number of benzene rings is 2. The molecular weight excluding hydrogens is 298 g/mol. The van der Waals surface area contributed by atoms with Crippen LogP contribution in [0.4, 0.5) is 5.69 Å². The summed E-state index contributed by atoms with van der Waals surface area (Å²) in [6, 6.07) is 10.8. The summed E-state index contributed by atoms with van der Waals surface area (Å²) < 4.78 is 0. The van der Waals surface area contributed by atoms with Crippen molar-refractivity contribution in [3.05, 3.63) is 53.1 Å². The highest BCUT2D eigenvalue weighted by Gasteiger charge is 2.26. The number of phenolic OH excluding ortho intramolecular Hbond substituents is 2. The van der Waals surface area contributed by atoms with Crippen LogP contribution in [-0.4, -0.2) is 16.4 Å². The lowest BCUT2D eigenvalue weighted by Crippen LogP contribution is -2.17. The van der Waals surface area contributed by atoms with Crippen molar-refractivity contribution >= 4 is 11.9 Å². The van der Waals surface area contributed by atoms with E-state index in [4.69, 9.17) is 0 Å². The molecule has 128 valence electrons. The molecule has 0 aromatic heterocycles. The summed E-state index contributed by atoms with van der Waals surface area (Å²) >= 11 is 0. The zero-order valence-electron chi connectivity index (χ0n) is 15.4. The molecule has 0 aliphatic rings. The minimum Gasteiger partial charge on any atom is -0.508 e. The molecule has 0 unspecified atom stereocenters. The van der Waals surface area contributed by atoms with E-state index in [1.165, 1.54) is 0 Å². The molecule has 2 aromatic rings. The maximum atomic E-state index is 10.7. The quantitative estimate of drug-likeness (QED) is 0.722. The molecule has 2 aromatic carbocycles. The van der Waals surface area contributed by atoms with E-state index in [2.05, 4.69) is 46.5 Å². The zero-order chi connectivity index (χ0) is 18.1. The Morgan fingerprint density at radius 2 is 1.25 bits per heavy atom. The normalized spacial score (nSPS) is 12.8. The number of phenols is 2. The molecular formula is C21H27NO2. The van der Waals surface area contributed by atoms with Crippen molar-refractivity contribution in [3.8, 4) is 11.5 Å². The summed E-state index contributed by atoms with van der Waals surface area (Å²) in [7, 11) is 0. The maximum Gasteiger partial charge on any atom is 0.123 e. The van der Waals surface area contributed by atoms with E-state index in [0.29, 0.717) is 5.75 Å². The van der Waals surface area contributed by atoms with E-state index in [0.717, 1.165) is 22.4 Å². The van der Waals surface area contributed by atoms with Gasteiger partial charge in [0.05, 0.1) is 5.69 Å². The fourth-order valence-electron chi connectivity index (χ4n) is 2.56. The number of aliphatic imine (C=N–C) groups is 1. The van der Waals surface area contributed by atoms with Gasteiger partial charge in [-0.3, -0.25) is 4.99 Å². The molecule has 3 heteroatoms. The highest BCUT2D eigenvalue weighted by atomic mass is 16.3. The van der Waals surface area contributed by atoms with Crippen LogP contribution in [0.2, 0.25) is 0 Å². The molecule has 0 aliphatic heterocycles. The summed E-state index contributed by atoms with van der Waals surface area (Å²) in [6.45, 7) is 12.6. The fourth-order valence-corrected chi connectivity index (χ4v) is 2.56. The van der Waals surface area contributed by atoms with Gasteiger partial charge in [0.25, 0.3) is 0 Å². The lowest BCUT2D eigenvalue weighted by molar-refractivity contribution is 0.423. The number of nitrogens with zero attached hydrogens (tertiary/aromatic N) is 1. The second-order valence-electron chi connectivity index (χ2n) is 8.24. The summed E-state index contributed by atoms with van der Waals surface area (Å²) in [5.74, 6) is 0.598. The van der Waals surface area contributed by atoms with Crippen molar-refractivity contribution in [3.63, 3.8) is 0 Å². The number of rotatable bonds is 2. The van der Waals surface area contributed by atoms with Gasteiger partial charge in [-0.05, 0) is 52.8 Å². The van der Waals surface area contributed by atoms with Crippen LogP contribution in [0.3, 0.4) is 0 Å². The SMILES string of the molecule is CC(C)(C)c1cc(C=Nc2ccc(O)cc2)cc(C(C)(C)C)c1O. The van der Waals surface area contributed by atoms with E-state index in [9.17, 15) is 10.2 Å². The standard InChI is InChI=1S/C21H27NO2/c1-20(2,3)17-11-14(12-18(19(17)24)21(4,5)6)13-22-15-7-9-16(23)10-8-15/h7-13,23-24H,1-6H3. The van der Waals surface area contributed by atoms with Crippen molar-refractivity contribution in [2.45, 2.75) is 52.4 Å². The van der Waals surface area contributed by atoms with Crippen molar-refractivity contribution < 1.29 is 10.2 Å². The zero-order valence-corrected chi connectivity index (χ0v) is 15.4. The first-order chi connectivity index (χ1) is 11.0. The van der Waals surface area contributed by atoms with E-state index >= 15 is 0 Å². The van der Waals surface area contributed by atoms with Crippen molar-refractivity contribution in [1.29, 1.82) is 0 Å². The largest absolute Gasteiger partial charge is 0.508 e. The number of hydrogen-bond acceptors (Lipinski definition) is 3. The third-order valence-electron chi connectivity index (χ3n) is 3.96. The molecule has 0 bridgehead atoms. The molecule has 3 nitrogen and oxygen atoms in total. The third kappa shape index (κ3) is 4.16. The van der Waals surface area contributed by atoms with Crippen LogP contribution < -0.4 is 0 Å². The maximum absolute atomic E-state index is 10.7. The predicted molar refractivity (Wildman–Crippen MR) is 101 cm³/mol. The van der Waals surface area contributed by atoms with Gasteiger partial charge in [-0.2, -0.15) is 0 Å². The van der Waals surface area contributed by atoms with Gasteiger partial charge in [0, 0.05) is 17.3 Å². The van der Waals surface area contributed by atoms with Crippen LogP contribution in [0, 0.1) is 0 Å². The van der Waals surface area contributed by atoms with Crippen LogP contribution >= 0.6 is 0 Å². The minimum absolute atomic E-state index is 0.160. The van der Waals surface area contributed by atoms with Gasteiger partial charge in [-0.1, -0.05) is 41.5 Å². The summed E-state index contributed by atoms with van der Waals surface area (Å²) in [6.07, 6.45) is 1.80. The molecule has 0 aliphatic carbocycles. The Morgan fingerprint density at radius 3 is 1.67 bits per heavy atom. The Labute approximate surface area is 144 Å². The molecule has 0 spiro atoms. The topological polar surface area (TPSA) is 52.8 Å². The average molecular weight is 325 g/mol. The molecule has 2 N–H and O–H groups in total. The summed E-state index contributed by atoms with van der Waals surface area (Å²) in [4.78, 5) is 4.48. The summed E-state index contributed by atoms with van der Waals surface area (Å²) in [5, 5.41) is 20.1. The predicted octanol–water partition coefficient (Wildman–Crippen LogP) is 5.44. The average Bonchev–Trinajstić information content (AvgIpc) is 2.45. The fraction of sp³-hybridized carbons (Fsp3) is 0.381. The second-order valence-corrected chi connectivity index (χ2v) is 8.24. The Morgan fingerprint density at radius 1 is 0.792 bits per heavy atom. The highest BCUT2D eigenvalue weighted by Crippen LogP contribution is 2.39.